The third kappa shape index (κ3) is 7.41. The molecule has 2 aromatic rings. The molecule has 1 aliphatic carbocycles. The second-order valence-electron chi connectivity index (χ2n) is 9.56. The van der Waals surface area contributed by atoms with E-state index < -0.39 is 6.04 Å². The first kappa shape index (κ1) is 24.9. The van der Waals surface area contributed by atoms with E-state index in [9.17, 15) is 14.0 Å². The van der Waals surface area contributed by atoms with Gasteiger partial charge in [-0.1, -0.05) is 69.5 Å². The number of nitrogens with zero attached hydrogens (tertiary/aromatic N) is 1. The fourth-order valence-electron chi connectivity index (χ4n) is 4.40. The van der Waals surface area contributed by atoms with Gasteiger partial charge in [-0.25, -0.2) is 4.39 Å². The third-order valence-corrected chi connectivity index (χ3v) is 6.66. The summed E-state index contributed by atoms with van der Waals surface area (Å²) in [6.07, 6.45) is 6.42. The van der Waals surface area contributed by atoms with Crippen LogP contribution < -0.4 is 5.32 Å². The number of rotatable bonds is 9. The second kappa shape index (κ2) is 12.0. The summed E-state index contributed by atoms with van der Waals surface area (Å²) in [5, 5.41) is 3.15. The topological polar surface area (TPSA) is 49.4 Å². The molecule has 0 unspecified atom stereocenters. The van der Waals surface area contributed by atoms with E-state index in [0.29, 0.717) is 18.8 Å². The van der Waals surface area contributed by atoms with Crippen molar-refractivity contribution in [1.29, 1.82) is 0 Å². The van der Waals surface area contributed by atoms with Crippen LogP contribution in [0, 0.1) is 5.82 Å². The molecule has 0 radical (unpaired) electrons. The lowest BCUT2D eigenvalue weighted by Gasteiger charge is -2.31. The Bertz CT molecular complexity index is 902. The van der Waals surface area contributed by atoms with Crippen molar-refractivity contribution in [2.24, 2.45) is 0 Å². The molecule has 1 atom stereocenters. The molecule has 0 spiro atoms. The van der Waals surface area contributed by atoms with E-state index in [2.05, 4.69) is 43.4 Å². The monoisotopic (exact) mass is 452 g/mol. The lowest BCUT2D eigenvalue weighted by molar-refractivity contribution is -0.141. The Balaban J connectivity index is 1.68. The summed E-state index contributed by atoms with van der Waals surface area (Å²) >= 11 is 0. The van der Waals surface area contributed by atoms with E-state index >= 15 is 0 Å². The first-order valence-electron chi connectivity index (χ1n) is 12.3. The summed E-state index contributed by atoms with van der Waals surface area (Å²) in [6.45, 7) is 6.39. The van der Waals surface area contributed by atoms with Gasteiger partial charge in [-0.15, -0.1) is 0 Å². The lowest BCUT2D eigenvalue weighted by Crippen LogP contribution is -2.50. The number of carbonyl (C=O) groups excluding carboxylic acids is 2. The molecule has 1 N–H and O–H groups in total. The zero-order chi connectivity index (χ0) is 23.8. The largest absolute Gasteiger partial charge is 0.352 e. The molecule has 0 bridgehead atoms. The van der Waals surface area contributed by atoms with Crippen molar-refractivity contribution in [1.82, 2.24) is 10.2 Å². The Kier molecular flexibility index (Phi) is 9.04. The van der Waals surface area contributed by atoms with Crippen LogP contribution in [0.5, 0.6) is 0 Å². The van der Waals surface area contributed by atoms with E-state index in [1.54, 1.807) is 24.0 Å². The van der Waals surface area contributed by atoms with Gasteiger partial charge in [-0.3, -0.25) is 9.59 Å². The van der Waals surface area contributed by atoms with Gasteiger partial charge < -0.3 is 10.2 Å². The summed E-state index contributed by atoms with van der Waals surface area (Å²) in [5.41, 5.74) is 3.19. The van der Waals surface area contributed by atoms with Crippen LogP contribution >= 0.6 is 0 Å². The van der Waals surface area contributed by atoms with Gasteiger partial charge in [-0.05, 0) is 60.9 Å². The maximum Gasteiger partial charge on any atom is 0.242 e. The fraction of sp³-hybridized carbons (Fsp3) is 0.500. The van der Waals surface area contributed by atoms with Gasteiger partial charge in [0.2, 0.25) is 11.8 Å². The maximum atomic E-state index is 13.4. The highest BCUT2D eigenvalue weighted by atomic mass is 19.1. The molecule has 4 nitrogen and oxygen atoms in total. The lowest BCUT2D eigenvalue weighted by atomic mass is 9.95. The smallest absolute Gasteiger partial charge is 0.242 e. The SMILES string of the molecule is CC(C)c1ccc(CCC(=O)N(Cc2ccc(F)cc2)[C@H](C)C(=O)NC2CCCCC2)cc1. The van der Waals surface area contributed by atoms with Gasteiger partial charge in [0.25, 0.3) is 0 Å². The van der Waals surface area contributed by atoms with E-state index in [0.717, 1.165) is 36.8 Å². The van der Waals surface area contributed by atoms with Crippen LogP contribution in [0.25, 0.3) is 0 Å². The molecule has 5 heteroatoms. The molecule has 1 aliphatic rings. The van der Waals surface area contributed by atoms with Crippen LogP contribution in [-0.2, 0) is 22.6 Å². The Hall–Kier alpha value is -2.69. The summed E-state index contributed by atoms with van der Waals surface area (Å²) in [5.74, 6) is -0.0304. The van der Waals surface area contributed by atoms with Gasteiger partial charge in [0.15, 0.2) is 0 Å². The van der Waals surface area contributed by atoms with Crippen molar-refractivity contribution in [2.45, 2.75) is 90.3 Å². The molecule has 0 aromatic heterocycles. The van der Waals surface area contributed by atoms with Crippen LogP contribution in [0.2, 0.25) is 0 Å². The fourth-order valence-corrected chi connectivity index (χ4v) is 4.40. The summed E-state index contributed by atoms with van der Waals surface area (Å²) in [4.78, 5) is 27.9. The number of benzene rings is 2. The molecular weight excluding hydrogens is 415 g/mol. The second-order valence-corrected chi connectivity index (χ2v) is 9.56. The highest BCUT2D eigenvalue weighted by molar-refractivity contribution is 5.87. The Morgan fingerprint density at radius 1 is 0.939 bits per heavy atom. The molecule has 3 rings (SSSR count). The maximum absolute atomic E-state index is 13.4. The molecule has 1 saturated carbocycles. The zero-order valence-corrected chi connectivity index (χ0v) is 20.1. The number of hydrogen-bond acceptors (Lipinski definition) is 2. The summed E-state index contributed by atoms with van der Waals surface area (Å²) in [7, 11) is 0. The van der Waals surface area contributed by atoms with Gasteiger partial charge in [0.05, 0.1) is 0 Å². The van der Waals surface area contributed by atoms with Crippen LogP contribution in [0.3, 0.4) is 0 Å². The number of aryl methyl sites for hydroxylation is 1. The first-order valence-corrected chi connectivity index (χ1v) is 12.3. The van der Waals surface area contributed by atoms with Gasteiger partial charge >= 0.3 is 0 Å². The van der Waals surface area contributed by atoms with Crippen molar-refractivity contribution in [3.05, 3.63) is 71.0 Å². The van der Waals surface area contributed by atoms with Crippen molar-refractivity contribution < 1.29 is 14.0 Å². The quantitative estimate of drug-likeness (QED) is 0.527. The van der Waals surface area contributed by atoms with E-state index in [-0.39, 0.29) is 30.2 Å². The van der Waals surface area contributed by atoms with Gasteiger partial charge in [0.1, 0.15) is 11.9 Å². The first-order chi connectivity index (χ1) is 15.8. The molecule has 2 aromatic carbocycles. The van der Waals surface area contributed by atoms with E-state index in [4.69, 9.17) is 0 Å². The Morgan fingerprint density at radius 2 is 1.55 bits per heavy atom. The minimum atomic E-state index is -0.590. The number of halogens is 1. The summed E-state index contributed by atoms with van der Waals surface area (Å²) < 4.78 is 13.4. The predicted molar refractivity (Wildman–Crippen MR) is 130 cm³/mol. The average molecular weight is 453 g/mol. The molecule has 0 heterocycles. The van der Waals surface area contributed by atoms with Gasteiger partial charge in [0, 0.05) is 19.0 Å². The average Bonchev–Trinajstić information content (AvgIpc) is 2.82. The third-order valence-electron chi connectivity index (χ3n) is 6.66. The van der Waals surface area contributed by atoms with Gasteiger partial charge in [-0.2, -0.15) is 0 Å². The van der Waals surface area contributed by atoms with Crippen molar-refractivity contribution in [3.63, 3.8) is 0 Å². The molecular formula is C28H37FN2O2. The van der Waals surface area contributed by atoms with E-state index in [1.807, 2.05) is 0 Å². The molecule has 0 aliphatic heterocycles. The minimum Gasteiger partial charge on any atom is -0.352 e. The summed E-state index contributed by atoms with van der Waals surface area (Å²) in [6, 6.07) is 14.1. The highest BCUT2D eigenvalue weighted by Gasteiger charge is 2.28. The van der Waals surface area contributed by atoms with Crippen molar-refractivity contribution in [3.8, 4) is 0 Å². The standard InChI is InChI=1S/C28H37FN2O2/c1-20(2)24-14-9-22(10-15-24)13-18-27(32)31(19-23-11-16-25(29)17-12-23)21(3)28(33)30-26-7-5-4-6-8-26/h9-12,14-17,20-21,26H,4-8,13,18-19H2,1-3H3,(H,30,33)/t21-/m1/s1. The van der Waals surface area contributed by atoms with Crippen LogP contribution in [0.1, 0.15) is 81.9 Å². The minimum absolute atomic E-state index is 0.0708. The van der Waals surface area contributed by atoms with Crippen LogP contribution in [0.4, 0.5) is 4.39 Å². The number of carbonyl (C=O) groups is 2. The highest BCUT2D eigenvalue weighted by Crippen LogP contribution is 2.19. The molecule has 2 amide bonds. The van der Waals surface area contributed by atoms with Crippen LogP contribution in [0.15, 0.2) is 48.5 Å². The molecule has 178 valence electrons. The number of hydrogen-bond donors (Lipinski definition) is 1. The van der Waals surface area contributed by atoms with Crippen molar-refractivity contribution >= 4 is 11.8 Å². The number of amides is 2. The van der Waals surface area contributed by atoms with E-state index in [1.165, 1.54) is 24.1 Å². The Morgan fingerprint density at radius 3 is 2.15 bits per heavy atom. The zero-order valence-electron chi connectivity index (χ0n) is 20.1. The number of nitrogens with one attached hydrogen (secondary N) is 1. The predicted octanol–water partition coefficient (Wildman–Crippen LogP) is 5.75. The van der Waals surface area contributed by atoms with Crippen LogP contribution in [-0.4, -0.2) is 28.8 Å². The molecule has 33 heavy (non-hydrogen) atoms. The Labute approximate surface area is 197 Å². The molecule has 1 fully saturated rings. The molecule has 0 saturated heterocycles. The van der Waals surface area contributed by atoms with Crippen molar-refractivity contribution in [2.75, 3.05) is 0 Å². The normalized spacial score (nSPS) is 15.3.